The average molecular weight is 363 g/mol. The van der Waals surface area contributed by atoms with Crippen molar-refractivity contribution in [3.63, 3.8) is 0 Å². The standard InChI is InChI=1S/C22H18FNO3/c1-24(18-7-3-2-4-8-18)21(25)19-9-5-6-10-20(19)22(26)27-15-16-11-13-17(23)14-12-16/h2-14H,15H2,1H3. The maximum Gasteiger partial charge on any atom is 0.339 e. The summed E-state index contributed by atoms with van der Waals surface area (Å²) in [5.41, 5.74) is 1.83. The summed E-state index contributed by atoms with van der Waals surface area (Å²) < 4.78 is 18.3. The Morgan fingerprint density at radius 3 is 2.11 bits per heavy atom. The lowest BCUT2D eigenvalue weighted by Crippen LogP contribution is -2.28. The molecular weight excluding hydrogens is 345 g/mol. The molecule has 3 aromatic carbocycles. The minimum atomic E-state index is -0.607. The van der Waals surface area contributed by atoms with E-state index >= 15 is 0 Å². The van der Waals surface area contributed by atoms with Gasteiger partial charge < -0.3 is 9.64 Å². The lowest BCUT2D eigenvalue weighted by atomic mass is 10.1. The molecule has 0 fully saturated rings. The summed E-state index contributed by atoms with van der Waals surface area (Å²) in [6.45, 7) is -0.00381. The smallest absolute Gasteiger partial charge is 0.339 e. The van der Waals surface area contributed by atoms with Crippen molar-refractivity contribution in [2.75, 3.05) is 11.9 Å². The van der Waals surface area contributed by atoms with Crippen LogP contribution in [0.1, 0.15) is 26.3 Å². The van der Waals surface area contributed by atoms with Crippen LogP contribution in [0.2, 0.25) is 0 Å². The summed E-state index contributed by atoms with van der Waals surface area (Å²) in [4.78, 5) is 26.8. The fourth-order valence-electron chi connectivity index (χ4n) is 2.60. The molecule has 0 unspecified atom stereocenters. The van der Waals surface area contributed by atoms with Gasteiger partial charge in [0.1, 0.15) is 12.4 Å². The van der Waals surface area contributed by atoms with Gasteiger partial charge in [-0.25, -0.2) is 9.18 Å². The summed E-state index contributed by atoms with van der Waals surface area (Å²) in [5.74, 6) is -1.27. The monoisotopic (exact) mass is 363 g/mol. The van der Waals surface area contributed by atoms with Crippen LogP contribution in [0.25, 0.3) is 0 Å². The second-order valence-corrected chi connectivity index (χ2v) is 5.95. The largest absolute Gasteiger partial charge is 0.457 e. The second kappa shape index (κ2) is 8.27. The molecule has 3 rings (SSSR count). The number of hydrogen-bond acceptors (Lipinski definition) is 3. The van der Waals surface area contributed by atoms with Crippen molar-refractivity contribution < 1.29 is 18.7 Å². The number of rotatable bonds is 5. The van der Waals surface area contributed by atoms with E-state index in [1.807, 2.05) is 30.3 Å². The number of benzene rings is 3. The molecule has 0 aromatic heterocycles. The Bertz CT molecular complexity index is 939. The van der Waals surface area contributed by atoms with E-state index in [0.717, 1.165) is 5.69 Å². The predicted octanol–water partition coefficient (Wildman–Crippen LogP) is 4.46. The molecule has 5 heteroatoms. The van der Waals surface area contributed by atoms with E-state index in [0.29, 0.717) is 5.56 Å². The number of para-hydroxylation sites is 1. The zero-order valence-corrected chi connectivity index (χ0v) is 14.8. The molecule has 0 aliphatic rings. The molecule has 3 aromatic rings. The Morgan fingerprint density at radius 1 is 0.852 bits per heavy atom. The fourth-order valence-corrected chi connectivity index (χ4v) is 2.60. The van der Waals surface area contributed by atoms with Gasteiger partial charge in [-0.05, 0) is 42.0 Å². The summed E-state index contributed by atoms with van der Waals surface area (Å²) in [6.07, 6.45) is 0. The molecule has 0 N–H and O–H groups in total. The summed E-state index contributed by atoms with van der Waals surface area (Å²) in [7, 11) is 1.65. The summed E-state index contributed by atoms with van der Waals surface area (Å²) in [6, 6.07) is 21.4. The Kier molecular flexibility index (Phi) is 5.61. The first-order chi connectivity index (χ1) is 13.1. The first-order valence-electron chi connectivity index (χ1n) is 8.40. The van der Waals surface area contributed by atoms with Crippen molar-refractivity contribution in [1.29, 1.82) is 0 Å². The number of hydrogen-bond donors (Lipinski definition) is 0. The molecule has 4 nitrogen and oxygen atoms in total. The van der Waals surface area contributed by atoms with E-state index in [1.54, 1.807) is 43.4 Å². The van der Waals surface area contributed by atoms with E-state index in [2.05, 4.69) is 0 Å². The zero-order chi connectivity index (χ0) is 19.2. The van der Waals surface area contributed by atoms with Gasteiger partial charge in [0, 0.05) is 12.7 Å². The lowest BCUT2D eigenvalue weighted by Gasteiger charge is -2.18. The lowest BCUT2D eigenvalue weighted by molar-refractivity contribution is 0.0470. The van der Waals surface area contributed by atoms with Crippen molar-refractivity contribution in [1.82, 2.24) is 0 Å². The molecule has 27 heavy (non-hydrogen) atoms. The molecule has 0 atom stereocenters. The Morgan fingerprint density at radius 2 is 1.44 bits per heavy atom. The number of amides is 1. The molecule has 0 bridgehead atoms. The van der Waals surface area contributed by atoms with Gasteiger partial charge in [-0.3, -0.25) is 4.79 Å². The number of ether oxygens (including phenoxy) is 1. The maximum absolute atomic E-state index is 13.0. The number of halogens is 1. The number of nitrogens with zero attached hydrogens (tertiary/aromatic N) is 1. The van der Waals surface area contributed by atoms with Gasteiger partial charge in [-0.1, -0.05) is 42.5 Å². The second-order valence-electron chi connectivity index (χ2n) is 5.95. The molecular formula is C22H18FNO3. The van der Waals surface area contributed by atoms with Crippen LogP contribution in [-0.2, 0) is 11.3 Å². The predicted molar refractivity (Wildman–Crippen MR) is 101 cm³/mol. The molecule has 136 valence electrons. The maximum atomic E-state index is 13.0. The van der Waals surface area contributed by atoms with Crippen LogP contribution >= 0.6 is 0 Å². The first kappa shape index (κ1) is 18.3. The van der Waals surface area contributed by atoms with Crippen molar-refractivity contribution in [3.8, 4) is 0 Å². The van der Waals surface area contributed by atoms with Crippen molar-refractivity contribution >= 4 is 17.6 Å². The fraction of sp³-hybridized carbons (Fsp3) is 0.0909. The SMILES string of the molecule is CN(C(=O)c1ccccc1C(=O)OCc1ccc(F)cc1)c1ccccc1. The Balaban J connectivity index is 1.77. The van der Waals surface area contributed by atoms with Gasteiger partial charge in [0.05, 0.1) is 11.1 Å². The van der Waals surface area contributed by atoms with Gasteiger partial charge >= 0.3 is 5.97 Å². The normalized spacial score (nSPS) is 10.3. The highest BCUT2D eigenvalue weighted by molar-refractivity contribution is 6.11. The van der Waals surface area contributed by atoms with Crippen LogP contribution in [0.5, 0.6) is 0 Å². The number of carbonyl (C=O) groups excluding carboxylic acids is 2. The van der Waals surface area contributed by atoms with Crippen LogP contribution in [0.15, 0.2) is 78.9 Å². The molecule has 0 aliphatic carbocycles. The van der Waals surface area contributed by atoms with Crippen molar-refractivity contribution in [2.24, 2.45) is 0 Å². The Labute approximate surface area is 156 Å². The number of carbonyl (C=O) groups is 2. The minimum absolute atomic E-state index is 0.00381. The van der Waals surface area contributed by atoms with E-state index in [-0.39, 0.29) is 29.5 Å². The summed E-state index contributed by atoms with van der Waals surface area (Å²) >= 11 is 0. The van der Waals surface area contributed by atoms with E-state index < -0.39 is 5.97 Å². The topological polar surface area (TPSA) is 46.6 Å². The van der Waals surface area contributed by atoms with E-state index in [9.17, 15) is 14.0 Å². The molecule has 1 amide bonds. The van der Waals surface area contributed by atoms with Gasteiger partial charge in [-0.2, -0.15) is 0 Å². The molecule has 0 saturated heterocycles. The molecule has 0 heterocycles. The highest BCUT2D eigenvalue weighted by Gasteiger charge is 2.21. The average Bonchev–Trinajstić information content (AvgIpc) is 2.72. The van der Waals surface area contributed by atoms with Crippen molar-refractivity contribution in [3.05, 3.63) is 101 Å². The number of esters is 1. The van der Waals surface area contributed by atoms with Gasteiger partial charge in [0.2, 0.25) is 0 Å². The summed E-state index contributed by atoms with van der Waals surface area (Å²) in [5, 5.41) is 0. The van der Waals surface area contributed by atoms with E-state index in [4.69, 9.17) is 4.74 Å². The molecule has 0 aliphatic heterocycles. The number of anilines is 1. The van der Waals surface area contributed by atoms with Crippen LogP contribution in [0, 0.1) is 5.82 Å². The van der Waals surface area contributed by atoms with Gasteiger partial charge in [-0.15, -0.1) is 0 Å². The van der Waals surface area contributed by atoms with Crippen LogP contribution in [0.3, 0.4) is 0 Å². The highest BCUT2D eigenvalue weighted by Crippen LogP contribution is 2.18. The minimum Gasteiger partial charge on any atom is -0.457 e. The quantitative estimate of drug-likeness (QED) is 0.629. The van der Waals surface area contributed by atoms with E-state index in [1.165, 1.54) is 17.0 Å². The molecule has 0 radical (unpaired) electrons. The van der Waals surface area contributed by atoms with Crippen LogP contribution in [-0.4, -0.2) is 18.9 Å². The molecule has 0 spiro atoms. The van der Waals surface area contributed by atoms with Gasteiger partial charge in [0.15, 0.2) is 0 Å². The third-order valence-corrected chi connectivity index (χ3v) is 4.11. The zero-order valence-electron chi connectivity index (χ0n) is 14.8. The first-order valence-corrected chi connectivity index (χ1v) is 8.40. The van der Waals surface area contributed by atoms with Crippen molar-refractivity contribution in [2.45, 2.75) is 6.61 Å². The van der Waals surface area contributed by atoms with Gasteiger partial charge in [0.25, 0.3) is 5.91 Å². The Hall–Kier alpha value is -3.47. The highest BCUT2D eigenvalue weighted by atomic mass is 19.1. The third-order valence-electron chi connectivity index (χ3n) is 4.11. The third kappa shape index (κ3) is 4.39. The van der Waals surface area contributed by atoms with Crippen LogP contribution < -0.4 is 4.90 Å². The van der Waals surface area contributed by atoms with Crippen LogP contribution in [0.4, 0.5) is 10.1 Å². The molecule has 0 saturated carbocycles.